The van der Waals surface area contributed by atoms with Crippen LogP contribution in [0.4, 0.5) is 0 Å². The molecule has 0 saturated heterocycles. The van der Waals surface area contributed by atoms with Crippen molar-refractivity contribution in [2.75, 3.05) is 19.7 Å². The molecule has 0 saturated carbocycles. The number of rotatable bonds is 6. The predicted octanol–water partition coefficient (Wildman–Crippen LogP) is 3.27. The third-order valence-electron chi connectivity index (χ3n) is 5.20. The molecule has 9 heteroatoms. The fourth-order valence-corrected chi connectivity index (χ4v) is 4.23. The molecule has 32 heavy (non-hydrogen) atoms. The number of nitrogens with zero attached hydrogens (tertiary/aromatic N) is 1. The van der Waals surface area contributed by atoms with Gasteiger partial charge in [0.2, 0.25) is 12.6 Å². The molecule has 1 aromatic heterocycles. The summed E-state index contributed by atoms with van der Waals surface area (Å²) in [5, 5.41) is 0. The number of aromatic nitrogens is 1. The zero-order chi connectivity index (χ0) is 23.0. The highest BCUT2D eigenvalue weighted by Crippen LogP contribution is 2.35. The average Bonchev–Trinajstić information content (AvgIpc) is 3.34. The maximum Gasteiger partial charge on any atom is 0.338 e. The van der Waals surface area contributed by atoms with Crippen LogP contribution in [0.3, 0.4) is 0 Å². The van der Waals surface area contributed by atoms with E-state index in [1.54, 1.807) is 6.07 Å². The van der Waals surface area contributed by atoms with Crippen molar-refractivity contribution in [3.63, 3.8) is 0 Å². The summed E-state index contributed by atoms with van der Waals surface area (Å²) in [5.74, 6) is 0.261. The summed E-state index contributed by atoms with van der Waals surface area (Å²) in [6.45, 7) is 3.44. The topological polar surface area (TPSA) is 101 Å². The first-order valence-corrected chi connectivity index (χ1v) is 11.6. The second kappa shape index (κ2) is 8.16. The number of hydrogen-bond acceptors (Lipinski definition) is 7. The van der Waals surface area contributed by atoms with Crippen LogP contribution in [0.25, 0.3) is 5.69 Å². The van der Waals surface area contributed by atoms with Gasteiger partial charge in [0.1, 0.15) is 0 Å². The van der Waals surface area contributed by atoms with Crippen molar-refractivity contribution in [3.8, 4) is 17.2 Å². The highest BCUT2D eigenvalue weighted by atomic mass is 32.2. The molecule has 2 heterocycles. The highest BCUT2D eigenvalue weighted by molar-refractivity contribution is 7.90. The zero-order valence-corrected chi connectivity index (χ0v) is 18.6. The van der Waals surface area contributed by atoms with Crippen molar-refractivity contribution in [1.29, 1.82) is 0 Å². The van der Waals surface area contributed by atoms with Gasteiger partial charge in [0.25, 0.3) is 0 Å². The molecule has 0 radical (unpaired) electrons. The Hall–Kier alpha value is -3.59. The van der Waals surface area contributed by atoms with E-state index in [1.165, 1.54) is 24.3 Å². The van der Waals surface area contributed by atoms with Gasteiger partial charge >= 0.3 is 5.97 Å². The van der Waals surface area contributed by atoms with Crippen LogP contribution in [0.1, 0.15) is 32.1 Å². The second-order valence-corrected chi connectivity index (χ2v) is 9.47. The molecule has 8 nitrogen and oxygen atoms in total. The molecule has 0 atom stereocenters. The summed E-state index contributed by atoms with van der Waals surface area (Å²) in [6.07, 6.45) is 1.08. The first-order chi connectivity index (χ1) is 15.1. The lowest BCUT2D eigenvalue weighted by atomic mass is 10.1. The number of hydrogen-bond donors (Lipinski definition) is 0. The number of benzene rings is 2. The van der Waals surface area contributed by atoms with Gasteiger partial charge in [-0.1, -0.05) is 0 Å². The maximum absolute atomic E-state index is 12.8. The SMILES string of the molecule is Cc1cc(C(=O)COC(=O)c2ccc(S(C)(=O)=O)cc2)c(C)n1-c1ccc2c(c1)OCO2. The number of sulfone groups is 1. The number of ketones is 1. The van der Waals surface area contributed by atoms with Crippen molar-refractivity contribution >= 4 is 21.6 Å². The standard InChI is InChI=1S/C23H21NO7S/c1-14-10-19(15(2)24(14)17-6-9-21-22(11-17)31-13-30-21)20(25)12-29-23(26)16-4-7-18(8-5-16)32(3,27)28/h4-11H,12-13H2,1-3H3. The molecule has 1 aliphatic heterocycles. The molecule has 0 bridgehead atoms. The second-order valence-electron chi connectivity index (χ2n) is 7.45. The zero-order valence-electron chi connectivity index (χ0n) is 17.7. The van der Waals surface area contributed by atoms with Crippen LogP contribution in [0, 0.1) is 13.8 Å². The normalized spacial score (nSPS) is 12.6. The fraction of sp³-hybridized carbons (Fsp3) is 0.217. The van der Waals surface area contributed by atoms with Crippen LogP contribution in [-0.2, 0) is 14.6 Å². The minimum atomic E-state index is -3.36. The molecule has 0 aliphatic carbocycles. The summed E-state index contributed by atoms with van der Waals surface area (Å²) in [7, 11) is -3.36. The van der Waals surface area contributed by atoms with Crippen molar-refractivity contribution in [3.05, 3.63) is 71.0 Å². The number of ether oxygens (including phenoxy) is 3. The Morgan fingerprint density at radius 3 is 2.38 bits per heavy atom. The van der Waals surface area contributed by atoms with E-state index < -0.39 is 22.4 Å². The quantitative estimate of drug-likeness (QED) is 0.415. The lowest BCUT2D eigenvalue weighted by molar-refractivity contribution is 0.0474. The van der Waals surface area contributed by atoms with Crippen LogP contribution >= 0.6 is 0 Å². The van der Waals surface area contributed by atoms with Crippen LogP contribution < -0.4 is 9.47 Å². The number of Topliss-reactive ketones (excluding diaryl/α,β-unsaturated/α-hetero) is 1. The van der Waals surface area contributed by atoms with Gasteiger partial charge in [-0.3, -0.25) is 4.79 Å². The van der Waals surface area contributed by atoms with Crippen LogP contribution in [-0.4, -0.2) is 44.4 Å². The number of esters is 1. The third-order valence-corrected chi connectivity index (χ3v) is 6.33. The van der Waals surface area contributed by atoms with E-state index in [4.69, 9.17) is 14.2 Å². The van der Waals surface area contributed by atoms with Gasteiger partial charge in [-0.2, -0.15) is 0 Å². The Balaban J connectivity index is 1.48. The molecule has 2 aromatic carbocycles. The van der Waals surface area contributed by atoms with E-state index in [2.05, 4.69) is 0 Å². The lowest BCUT2D eigenvalue weighted by Gasteiger charge is -2.11. The van der Waals surface area contributed by atoms with Crippen LogP contribution in [0.5, 0.6) is 11.5 Å². The predicted molar refractivity (Wildman–Crippen MR) is 116 cm³/mol. The molecule has 166 valence electrons. The van der Waals surface area contributed by atoms with Crippen LogP contribution in [0.15, 0.2) is 53.4 Å². The molecule has 3 aromatic rings. The Morgan fingerprint density at radius 2 is 1.69 bits per heavy atom. The molecule has 4 rings (SSSR count). The molecular weight excluding hydrogens is 434 g/mol. The van der Waals surface area contributed by atoms with Crippen molar-refractivity contribution in [1.82, 2.24) is 4.57 Å². The molecule has 0 amide bonds. The Labute approximate surface area is 185 Å². The molecule has 0 spiro atoms. The number of carbonyl (C=O) groups is 2. The van der Waals surface area contributed by atoms with E-state index in [0.717, 1.165) is 17.6 Å². The molecule has 0 N–H and O–H groups in total. The van der Waals surface area contributed by atoms with Gasteiger partial charge in [0.15, 0.2) is 27.9 Å². The van der Waals surface area contributed by atoms with Crippen molar-refractivity contribution in [2.45, 2.75) is 18.7 Å². The maximum atomic E-state index is 12.8. The number of carbonyl (C=O) groups excluding carboxylic acids is 2. The first kappa shape index (κ1) is 21.6. The van der Waals surface area contributed by atoms with E-state index in [-0.39, 0.29) is 23.0 Å². The van der Waals surface area contributed by atoms with Gasteiger partial charge in [0.05, 0.1) is 10.5 Å². The number of aryl methyl sites for hydroxylation is 1. The van der Waals surface area contributed by atoms with Gasteiger partial charge in [-0.15, -0.1) is 0 Å². The smallest absolute Gasteiger partial charge is 0.338 e. The van der Waals surface area contributed by atoms with E-state index >= 15 is 0 Å². The summed E-state index contributed by atoms with van der Waals surface area (Å²) < 4.78 is 40.9. The molecular formula is C23H21NO7S. The largest absolute Gasteiger partial charge is 0.454 e. The molecule has 0 fully saturated rings. The van der Waals surface area contributed by atoms with Crippen molar-refractivity contribution < 1.29 is 32.2 Å². The minimum absolute atomic E-state index is 0.0982. The Morgan fingerprint density at radius 1 is 1.00 bits per heavy atom. The summed E-state index contributed by atoms with van der Waals surface area (Å²) in [6, 6.07) is 12.6. The third kappa shape index (κ3) is 4.11. The lowest BCUT2D eigenvalue weighted by Crippen LogP contribution is -2.15. The fourth-order valence-electron chi connectivity index (χ4n) is 3.60. The van der Waals surface area contributed by atoms with Gasteiger partial charge < -0.3 is 18.8 Å². The first-order valence-electron chi connectivity index (χ1n) is 9.74. The Kier molecular flexibility index (Phi) is 5.52. The summed E-state index contributed by atoms with van der Waals surface area (Å²) >= 11 is 0. The van der Waals surface area contributed by atoms with Crippen molar-refractivity contribution in [2.24, 2.45) is 0 Å². The van der Waals surface area contributed by atoms with Gasteiger partial charge in [-0.05, 0) is 56.3 Å². The van der Waals surface area contributed by atoms with E-state index in [9.17, 15) is 18.0 Å². The van der Waals surface area contributed by atoms with Crippen LogP contribution in [0.2, 0.25) is 0 Å². The van der Waals surface area contributed by atoms with E-state index in [1.807, 2.05) is 36.6 Å². The summed E-state index contributed by atoms with van der Waals surface area (Å²) in [4.78, 5) is 25.1. The van der Waals surface area contributed by atoms with Gasteiger partial charge in [0, 0.05) is 35.0 Å². The molecule has 0 unspecified atom stereocenters. The highest BCUT2D eigenvalue weighted by Gasteiger charge is 2.21. The molecule has 1 aliphatic rings. The average molecular weight is 455 g/mol. The number of fused-ring (bicyclic) bond motifs is 1. The van der Waals surface area contributed by atoms with Gasteiger partial charge in [-0.25, -0.2) is 13.2 Å². The monoisotopic (exact) mass is 455 g/mol. The minimum Gasteiger partial charge on any atom is -0.454 e. The Bertz CT molecular complexity index is 1320. The summed E-state index contributed by atoms with van der Waals surface area (Å²) in [5.41, 5.74) is 2.98. The van der Waals surface area contributed by atoms with E-state index in [0.29, 0.717) is 22.8 Å².